The van der Waals surface area contributed by atoms with Crippen LogP contribution in [-0.2, 0) is 4.74 Å². The highest BCUT2D eigenvalue weighted by molar-refractivity contribution is 5.72. The van der Waals surface area contributed by atoms with Gasteiger partial charge in [-0.2, -0.15) is 0 Å². The molecule has 2 unspecified atom stereocenters. The summed E-state index contributed by atoms with van der Waals surface area (Å²) in [6.07, 6.45) is 0. The summed E-state index contributed by atoms with van der Waals surface area (Å²) in [6, 6.07) is 4.18. The van der Waals surface area contributed by atoms with E-state index in [1.54, 1.807) is 6.07 Å². The predicted octanol–water partition coefficient (Wildman–Crippen LogP) is 1.41. The van der Waals surface area contributed by atoms with Gasteiger partial charge in [0.05, 0.1) is 19.1 Å². The summed E-state index contributed by atoms with van der Waals surface area (Å²) in [5.41, 5.74) is 6.97. The number of benzene rings is 1. The molecule has 1 aliphatic rings. The fourth-order valence-corrected chi connectivity index (χ4v) is 1.90. The molecular weight excluding hydrogens is 211 g/mol. The fourth-order valence-electron chi connectivity index (χ4n) is 1.90. The van der Waals surface area contributed by atoms with Crippen LogP contribution in [0, 0.1) is 5.82 Å². The second-order valence-electron chi connectivity index (χ2n) is 3.97. The molecule has 2 heterocycles. The zero-order chi connectivity index (χ0) is 11.1. The monoisotopic (exact) mass is 222 g/mol. The number of hydrogen-bond donors (Lipinski definition) is 1. The van der Waals surface area contributed by atoms with Crippen LogP contribution in [0.1, 0.15) is 11.8 Å². The van der Waals surface area contributed by atoms with Crippen LogP contribution in [0.25, 0.3) is 11.1 Å². The van der Waals surface area contributed by atoms with Gasteiger partial charge in [0.1, 0.15) is 11.3 Å². The molecule has 0 radical (unpaired) electrons. The Morgan fingerprint density at radius 1 is 1.38 bits per heavy atom. The number of ether oxygens (including phenoxy) is 1. The van der Waals surface area contributed by atoms with Crippen molar-refractivity contribution in [1.82, 2.24) is 4.98 Å². The molecule has 1 fully saturated rings. The number of halogens is 1. The van der Waals surface area contributed by atoms with Gasteiger partial charge < -0.3 is 14.9 Å². The maximum Gasteiger partial charge on any atom is 0.202 e. The second kappa shape index (κ2) is 3.54. The Balaban J connectivity index is 2.04. The van der Waals surface area contributed by atoms with Gasteiger partial charge in [0, 0.05) is 12.1 Å². The third-order valence-corrected chi connectivity index (χ3v) is 2.81. The molecule has 1 aromatic carbocycles. The Hall–Kier alpha value is -1.46. The molecule has 0 aliphatic carbocycles. The molecule has 16 heavy (non-hydrogen) atoms. The Morgan fingerprint density at radius 3 is 3.00 bits per heavy atom. The molecular formula is C11H11FN2O2. The average molecular weight is 222 g/mol. The van der Waals surface area contributed by atoms with Crippen LogP contribution in [0.2, 0.25) is 0 Å². The van der Waals surface area contributed by atoms with Gasteiger partial charge in [-0.25, -0.2) is 9.37 Å². The van der Waals surface area contributed by atoms with E-state index in [1.807, 2.05) is 0 Å². The number of oxazole rings is 1. The first-order valence-corrected chi connectivity index (χ1v) is 5.13. The molecule has 4 nitrogen and oxygen atoms in total. The van der Waals surface area contributed by atoms with Crippen molar-refractivity contribution in [3.8, 4) is 0 Å². The number of fused-ring (bicyclic) bond motifs is 1. The third kappa shape index (κ3) is 1.48. The molecule has 2 N–H and O–H groups in total. The van der Waals surface area contributed by atoms with E-state index in [1.165, 1.54) is 12.1 Å². The molecule has 3 rings (SSSR count). The Morgan fingerprint density at radius 2 is 2.25 bits per heavy atom. The molecule has 1 saturated heterocycles. The van der Waals surface area contributed by atoms with Gasteiger partial charge >= 0.3 is 0 Å². The van der Waals surface area contributed by atoms with Crippen molar-refractivity contribution < 1.29 is 13.5 Å². The molecule has 1 aromatic heterocycles. The van der Waals surface area contributed by atoms with E-state index in [4.69, 9.17) is 14.9 Å². The van der Waals surface area contributed by atoms with Gasteiger partial charge in [-0.1, -0.05) is 0 Å². The largest absolute Gasteiger partial charge is 0.440 e. The van der Waals surface area contributed by atoms with Crippen LogP contribution in [0.15, 0.2) is 22.6 Å². The van der Waals surface area contributed by atoms with Gasteiger partial charge in [-0.15, -0.1) is 0 Å². The molecule has 84 valence electrons. The lowest BCUT2D eigenvalue weighted by Gasteiger charge is -2.07. The van der Waals surface area contributed by atoms with Gasteiger partial charge in [-0.05, 0) is 12.1 Å². The quantitative estimate of drug-likeness (QED) is 0.792. The second-order valence-corrected chi connectivity index (χ2v) is 3.97. The predicted molar refractivity (Wildman–Crippen MR) is 55.5 cm³/mol. The molecule has 5 heteroatoms. The van der Waals surface area contributed by atoms with Gasteiger partial charge in [0.15, 0.2) is 5.58 Å². The molecule has 2 atom stereocenters. The van der Waals surface area contributed by atoms with Crippen LogP contribution >= 0.6 is 0 Å². The SMILES string of the molecule is NC1COCC1c1nc2ccc(F)cc2o1. The smallest absolute Gasteiger partial charge is 0.202 e. The van der Waals surface area contributed by atoms with Crippen LogP contribution < -0.4 is 5.73 Å². The van der Waals surface area contributed by atoms with Crippen LogP contribution in [0.3, 0.4) is 0 Å². The van der Waals surface area contributed by atoms with Crippen LogP contribution in [0.4, 0.5) is 4.39 Å². The summed E-state index contributed by atoms with van der Waals surface area (Å²) < 4.78 is 23.7. The topological polar surface area (TPSA) is 61.3 Å². The summed E-state index contributed by atoms with van der Waals surface area (Å²) in [5.74, 6) is 0.170. The molecule has 0 saturated carbocycles. The van der Waals surface area contributed by atoms with Crippen molar-refractivity contribution in [2.45, 2.75) is 12.0 Å². The Kier molecular flexibility index (Phi) is 2.15. The van der Waals surface area contributed by atoms with Gasteiger partial charge in [0.2, 0.25) is 5.89 Å². The fraction of sp³-hybridized carbons (Fsp3) is 0.364. The molecule has 0 spiro atoms. The van der Waals surface area contributed by atoms with E-state index in [-0.39, 0.29) is 17.8 Å². The lowest BCUT2D eigenvalue weighted by molar-refractivity contribution is 0.188. The van der Waals surface area contributed by atoms with Crippen molar-refractivity contribution in [2.24, 2.45) is 5.73 Å². The summed E-state index contributed by atoms with van der Waals surface area (Å²) in [4.78, 5) is 4.29. The highest BCUT2D eigenvalue weighted by atomic mass is 19.1. The minimum Gasteiger partial charge on any atom is -0.440 e. The zero-order valence-electron chi connectivity index (χ0n) is 8.52. The summed E-state index contributed by atoms with van der Waals surface area (Å²) in [6.45, 7) is 1.02. The number of nitrogens with zero attached hydrogens (tertiary/aromatic N) is 1. The minimum atomic E-state index is -0.331. The summed E-state index contributed by atoms with van der Waals surface area (Å²) >= 11 is 0. The number of rotatable bonds is 1. The number of nitrogens with two attached hydrogens (primary N) is 1. The van der Waals surface area contributed by atoms with E-state index in [9.17, 15) is 4.39 Å². The molecule has 0 bridgehead atoms. The lowest BCUT2D eigenvalue weighted by atomic mass is 10.1. The van der Waals surface area contributed by atoms with Crippen molar-refractivity contribution in [2.75, 3.05) is 13.2 Å². The maximum absolute atomic E-state index is 13.0. The average Bonchev–Trinajstić information content (AvgIpc) is 2.82. The third-order valence-electron chi connectivity index (χ3n) is 2.81. The standard InChI is InChI=1S/C11H11FN2O2/c12-6-1-2-9-10(3-6)16-11(14-9)7-4-15-5-8(7)13/h1-3,7-8H,4-5,13H2. The molecule has 0 amide bonds. The van der Waals surface area contributed by atoms with E-state index in [0.29, 0.717) is 30.2 Å². The van der Waals surface area contributed by atoms with E-state index < -0.39 is 0 Å². The van der Waals surface area contributed by atoms with Crippen molar-refractivity contribution >= 4 is 11.1 Å². The van der Waals surface area contributed by atoms with Gasteiger partial charge in [-0.3, -0.25) is 0 Å². The highest BCUT2D eigenvalue weighted by Gasteiger charge is 2.30. The number of hydrogen-bond acceptors (Lipinski definition) is 4. The van der Waals surface area contributed by atoms with E-state index >= 15 is 0 Å². The lowest BCUT2D eigenvalue weighted by Crippen LogP contribution is -2.26. The minimum absolute atomic E-state index is 0.0320. The summed E-state index contributed by atoms with van der Waals surface area (Å²) in [5, 5.41) is 0. The van der Waals surface area contributed by atoms with E-state index in [2.05, 4.69) is 4.98 Å². The van der Waals surface area contributed by atoms with E-state index in [0.717, 1.165) is 0 Å². The maximum atomic E-state index is 13.0. The van der Waals surface area contributed by atoms with Crippen molar-refractivity contribution in [1.29, 1.82) is 0 Å². The van der Waals surface area contributed by atoms with Crippen LogP contribution in [0.5, 0.6) is 0 Å². The Bertz CT molecular complexity index is 526. The first kappa shape index (κ1) is 9.74. The highest BCUT2D eigenvalue weighted by Crippen LogP contribution is 2.27. The first-order valence-electron chi connectivity index (χ1n) is 5.13. The molecule has 2 aromatic rings. The first-order chi connectivity index (χ1) is 7.74. The number of aromatic nitrogens is 1. The van der Waals surface area contributed by atoms with Gasteiger partial charge in [0.25, 0.3) is 0 Å². The normalized spacial score (nSPS) is 25.4. The van der Waals surface area contributed by atoms with Crippen LogP contribution in [-0.4, -0.2) is 24.2 Å². The Labute approximate surface area is 91.2 Å². The van der Waals surface area contributed by atoms with Crippen molar-refractivity contribution in [3.05, 3.63) is 29.9 Å². The zero-order valence-corrected chi connectivity index (χ0v) is 8.52. The summed E-state index contributed by atoms with van der Waals surface area (Å²) in [7, 11) is 0. The molecule has 1 aliphatic heterocycles. The van der Waals surface area contributed by atoms with Crippen molar-refractivity contribution in [3.63, 3.8) is 0 Å².